The molecule has 0 radical (unpaired) electrons. The first-order valence-electron chi connectivity index (χ1n) is 30.5. The Morgan fingerprint density at radius 1 is 0.506 bits per heavy atom. The number of hydrogen-bond acceptors (Lipinski definition) is 5. The Morgan fingerprint density at radius 2 is 1.14 bits per heavy atom. The number of thiophene rings is 1. The van der Waals surface area contributed by atoms with Crippen LogP contribution >= 0.6 is 11.3 Å². The van der Waals surface area contributed by atoms with Gasteiger partial charge >= 0.3 is 0 Å². The van der Waals surface area contributed by atoms with E-state index in [-0.39, 0.29) is 28.4 Å². The molecule has 2 aliphatic heterocycles. The quantitative estimate of drug-likeness (QED) is 0.148. The fourth-order valence-corrected chi connectivity index (χ4v) is 15.8. The molecule has 12 aromatic rings. The van der Waals surface area contributed by atoms with Gasteiger partial charge in [-0.1, -0.05) is 209 Å². The molecule has 0 saturated heterocycles. The molecule has 85 heavy (non-hydrogen) atoms. The average Bonchev–Trinajstić information content (AvgIpc) is 1.70. The van der Waals surface area contributed by atoms with Crippen LogP contribution in [0, 0.1) is 6.92 Å². The van der Waals surface area contributed by atoms with Crippen LogP contribution in [0.3, 0.4) is 0 Å². The summed E-state index contributed by atoms with van der Waals surface area (Å²) in [4.78, 5) is 7.78. The van der Waals surface area contributed by atoms with E-state index in [2.05, 4.69) is 303 Å². The van der Waals surface area contributed by atoms with Crippen molar-refractivity contribution in [3.63, 3.8) is 0 Å². The molecule has 0 fully saturated rings. The largest absolute Gasteiger partial charge is 0.454 e. The maximum Gasteiger partial charge on any atom is 0.264 e. The van der Waals surface area contributed by atoms with Crippen molar-refractivity contribution in [2.45, 2.75) is 111 Å². The number of nitrogens with zero attached hydrogens (tertiary/aromatic N) is 3. The Balaban J connectivity index is 1.06. The van der Waals surface area contributed by atoms with E-state index >= 15 is 0 Å². The summed E-state index contributed by atoms with van der Waals surface area (Å²) in [5, 5.41) is 3.51. The lowest BCUT2D eigenvalue weighted by Gasteiger charge is -2.46. The molecular formula is C79H72BN3OS. The van der Waals surface area contributed by atoms with Crippen molar-refractivity contribution < 1.29 is 4.42 Å². The molecule has 0 N–H and O–H groups in total. The third-order valence-corrected chi connectivity index (χ3v) is 20.3. The van der Waals surface area contributed by atoms with E-state index in [0.717, 1.165) is 74.5 Å². The first-order valence-corrected chi connectivity index (χ1v) is 31.3. The molecule has 3 aliphatic rings. The van der Waals surface area contributed by atoms with Gasteiger partial charge in [-0.25, -0.2) is 0 Å². The van der Waals surface area contributed by atoms with E-state index in [9.17, 15) is 0 Å². The standard InChI is InChI=1S/C79H72BN3OS/c1-49-45-66-72-67(46-49)83(63-41-39-60-71(70(63)51-25-16-13-17-26-51)79(10,11)44-43-78(60,8)9)73-59-47-53(77(5,6)7)35-42-69(59)85-75(73)80(72)61-40-38-55(48-65(61)82(66)64-31-22-29-58-57-28-19-21-32-68(57)84-74(58)64)81(54-36-33-52(34-37-54)76(2,3)4)62-30-20-18-27-56(62)50-23-14-12-15-24-50/h12-42,45-48H,43-44H2,1-11H3. The van der Waals surface area contributed by atoms with Gasteiger partial charge < -0.3 is 19.1 Å². The van der Waals surface area contributed by atoms with Gasteiger partial charge in [0.05, 0.1) is 22.7 Å². The molecule has 10 aromatic carbocycles. The molecule has 4 nitrogen and oxygen atoms in total. The van der Waals surface area contributed by atoms with Gasteiger partial charge in [0.2, 0.25) is 0 Å². The lowest BCUT2D eigenvalue weighted by Crippen LogP contribution is -2.60. The third kappa shape index (κ3) is 8.45. The van der Waals surface area contributed by atoms with Crippen LogP contribution in [0.2, 0.25) is 0 Å². The lowest BCUT2D eigenvalue weighted by molar-refractivity contribution is 0.333. The normalized spacial score (nSPS) is 15.0. The van der Waals surface area contributed by atoms with Crippen LogP contribution in [0.25, 0.3) is 54.3 Å². The summed E-state index contributed by atoms with van der Waals surface area (Å²) >= 11 is 1.97. The SMILES string of the molecule is Cc1cc2c3c(c1)N(c1cccc4c1oc1ccccc14)c1cc(N(c4ccc(C(C)(C)C)cc4)c4ccccc4-c4ccccc4)ccc1B3c1sc3ccc(C(C)(C)C)cc3c1N2c1ccc2c(c1-c1ccccc1)C(C)(C)CCC2(C)C. The number of aryl methyl sites for hydroxylation is 1. The van der Waals surface area contributed by atoms with Gasteiger partial charge in [0, 0.05) is 65.2 Å². The zero-order chi connectivity index (χ0) is 58.5. The van der Waals surface area contributed by atoms with Crippen LogP contribution in [0.5, 0.6) is 0 Å². The Labute approximate surface area is 506 Å². The summed E-state index contributed by atoms with van der Waals surface area (Å²) in [5.74, 6) is 0. The van der Waals surface area contributed by atoms with E-state index in [0.29, 0.717) is 0 Å². The molecule has 418 valence electrons. The van der Waals surface area contributed by atoms with E-state index in [1.54, 1.807) is 0 Å². The van der Waals surface area contributed by atoms with Crippen molar-refractivity contribution in [1.82, 2.24) is 0 Å². The van der Waals surface area contributed by atoms with Gasteiger partial charge in [0.1, 0.15) is 5.58 Å². The van der Waals surface area contributed by atoms with Gasteiger partial charge in [-0.15, -0.1) is 11.3 Å². The zero-order valence-corrected chi connectivity index (χ0v) is 51.7. The lowest BCUT2D eigenvalue weighted by atomic mass is 9.36. The molecule has 0 spiro atoms. The van der Waals surface area contributed by atoms with Crippen LogP contribution in [0.1, 0.15) is 110 Å². The number of anilines is 9. The zero-order valence-electron chi connectivity index (χ0n) is 50.9. The van der Waals surface area contributed by atoms with E-state index in [1.807, 2.05) is 11.3 Å². The van der Waals surface area contributed by atoms with Crippen molar-refractivity contribution in [2.24, 2.45) is 0 Å². The molecule has 2 aromatic heterocycles. The Morgan fingerprint density at radius 3 is 1.88 bits per heavy atom. The smallest absolute Gasteiger partial charge is 0.264 e. The van der Waals surface area contributed by atoms with Crippen LogP contribution in [0.15, 0.2) is 217 Å². The first-order chi connectivity index (χ1) is 40.8. The minimum atomic E-state index is -0.105. The summed E-state index contributed by atoms with van der Waals surface area (Å²) in [6.45, 7) is 26.0. The Bertz CT molecular complexity index is 4650. The Kier molecular flexibility index (Phi) is 12.0. The van der Waals surface area contributed by atoms with Crippen molar-refractivity contribution >= 4 is 117 Å². The maximum atomic E-state index is 7.13. The molecule has 1 aliphatic carbocycles. The number of fused-ring (bicyclic) bond motifs is 10. The summed E-state index contributed by atoms with van der Waals surface area (Å²) in [7, 11) is 0. The fourth-order valence-electron chi connectivity index (χ4n) is 14.5. The molecule has 0 atom stereocenters. The molecular weight excluding hydrogens is 1050 g/mol. The first kappa shape index (κ1) is 53.2. The van der Waals surface area contributed by atoms with Gasteiger partial charge in [0.15, 0.2) is 5.58 Å². The molecule has 15 rings (SSSR count). The van der Waals surface area contributed by atoms with Crippen LogP contribution < -0.4 is 30.4 Å². The number of benzene rings is 10. The highest BCUT2D eigenvalue weighted by Crippen LogP contribution is 2.57. The summed E-state index contributed by atoms with van der Waals surface area (Å²) in [6, 6.07) is 80.2. The Hall–Kier alpha value is -8.58. The van der Waals surface area contributed by atoms with Crippen molar-refractivity contribution in [1.29, 1.82) is 0 Å². The van der Waals surface area contributed by atoms with Crippen LogP contribution in [-0.4, -0.2) is 6.71 Å². The maximum absolute atomic E-state index is 7.13. The molecule has 6 heteroatoms. The number of furan rings is 1. The van der Waals surface area contributed by atoms with E-state index < -0.39 is 0 Å². The monoisotopic (exact) mass is 1120 g/mol. The predicted octanol–water partition coefficient (Wildman–Crippen LogP) is 20.9. The topological polar surface area (TPSA) is 22.9 Å². The second-order valence-electron chi connectivity index (χ2n) is 27.6. The van der Waals surface area contributed by atoms with E-state index in [4.69, 9.17) is 4.42 Å². The van der Waals surface area contributed by atoms with Crippen molar-refractivity contribution in [3.8, 4) is 22.3 Å². The third-order valence-electron chi connectivity index (χ3n) is 19.0. The van der Waals surface area contributed by atoms with Crippen molar-refractivity contribution in [3.05, 3.63) is 240 Å². The van der Waals surface area contributed by atoms with Crippen LogP contribution in [-0.2, 0) is 21.7 Å². The van der Waals surface area contributed by atoms with Crippen molar-refractivity contribution in [2.75, 3.05) is 14.7 Å². The highest BCUT2D eigenvalue weighted by Gasteiger charge is 2.48. The summed E-state index contributed by atoms with van der Waals surface area (Å²) < 4.78 is 9.78. The molecule has 4 heterocycles. The molecule has 0 unspecified atom stereocenters. The molecule has 0 saturated carbocycles. The minimum Gasteiger partial charge on any atom is -0.454 e. The highest BCUT2D eigenvalue weighted by atomic mass is 32.1. The van der Waals surface area contributed by atoms with Gasteiger partial charge in [0.25, 0.3) is 6.71 Å². The number of hydrogen-bond donors (Lipinski definition) is 0. The summed E-state index contributed by atoms with van der Waals surface area (Å²) in [6.07, 6.45) is 2.25. The molecule has 0 bridgehead atoms. The van der Waals surface area contributed by atoms with Crippen LogP contribution in [0.4, 0.5) is 51.2 Å². The fraction of sp³-hybridized carbons (Fsp3) is 0.215. The van der Waals surface area contributed by atoms with Gasteiger partial charge in [-0.05, 0) is 164 Å². The minimum absolute atomic E-state index is 0.00839. The second kappa shape index (κ2) is 19.2. The number of para-hydroxylation sites is 3. The number of rotatable bonds is 7. The predicted molar refractivity (Wildman–Crippen MR) is 366 cm³/mol. The van der Waals surface area contributed by atoms with Gasteiger partial charge in [-0.3, -0.25) is 0 Å². The van der Waals surface area contributed by atoms with E-state index in [1.165, 1.54) is 87.4 Å². The summed E-state index contributed by atoms with van der Waals surface area (Å²) in [5.41, 5.74) is 26.1. The average molecular weight is 1120 g/mol. The van der Waals surface area contributed by atoms with Gasteiger partial charge in [-0.2, -0.15) is 0 Å². The highest BCUT2D eigenvalue weighted by molar-refractivity contribution is 7.33. The second-order valence-corrected chi connectivity index (χ2v) is 28.7. The molecule has 0 amide bonds.